The van der Waals surface area contributed by atoms with Crippen LogP contribution >= 0.6 is 0 Å². The van der Waals surface area contributed by atoms with Gasteiger partial charge in [-0.2, -0.15) is 0 Å². The van der Waals surface area contributed by atoms with E-state index in [-0.39, 0.29) is 24.4 Å². The lowest BCUT2D eigenvalue weighted by Gasteiger charge is -2.16. The van der Waals surface area contributed by atoms with Crippen LogP contribution in [0.5, 0.6) is 0 Å². The molecule has 0 spiro atoms. The van der Waals surface area contributed by atoms with Crippen LogP contribution in [-0.4, -0.2) is 39.1 Å². The maximum absolute atomic E-state index is 12.9. The predicted molar refractivity (Wildman–Crippen MR) is 127 cm³/mol. The molecule has 4 aromatic rings. The lowest BCUT2D eigenvalue weighted by Crippen LogP contribution is -2.31. The topological polar surface area (TPSA) is 85.0 Å². The molecule has 0 aliphatic rings. The highest BCUT2D eigenvalue weighted by Crippen LogP contribution is 2.17. The van der Waals surface area contributed by atoms with E-state index in [1.807, 2.05) is 48.5 Å². The normalized spacial score (nSPS) is 11.2. The average Bonchev–Trinajstić information content (AvgIpc) is 3.14. The Labute approximate surface area is 186 Å². The Balaban J connectivity index is 1.50. The summed E-state index contributed by atoms with van der Waals surface area (Å²) in [4.78, 5) is 36.4. The van der Waals surface area contributed by atoms with Gasteiger partial charge in [0.2, 0.25) is 5.91 Å². The first kappa shape index (κ1) is 21.5. The number of carbonyl (C=O) groups is 1. The van der Waals surface area contributed by atoms with Crippen LogP contribution in [0.2, 0.25) is 0 Å². The number of benzene rings is 2. The predicted octanol–water partition coefficient (Wildman–Crippen LogP) is 2.93. The van der Waals surface area contributed by atoms with Gasteiger partial charge in [0.25, 0.3) is 5.56 Å². The molecule has 0 unspecified atom stereocenters. The van der Waals surface area contributed by atoms with Gasteiger partial charge in [-0.3, -0.25) is 9.59 Å². The number of hydrogen-bond donors (Lipinski definition) is 1. The fourth-order valence-electron chi connectivity index (χ4n) is 3.91. The molecule has 8 nitrogen and oxygen atoms in total. The third-order valence-electron chi connectivity index (χ3n) is 5.45. The van der Waals surface area contributed by atoms with Gasteiger partial charge in [0, 0.05) is 33.6 Å². The Morgan fingerprint density at radius 3 is 2.22 bits per heavy atom. The van der Waals surface area contributed by atoms with Gasteiger partial charge < -0.3 is 19.4 Å². The van der Waals surface area contributed by atoms with Crippen LogP contribution in [-0.2, 0) is 24.4 Å². The first-order valence-electron chi connectivity index (χ1n) is 10.9. The number of amides is 1. The van der Waals surface area contributed by atoms with Gasteiger partial charge in [-0.1, -0.05) is 31.2 Å². The van der Waals surface area contributed by atoms with E-state index in [2.05, 4.69) is 26.8 Å². The Bertz CT molecular complexity index is 1320. The molecule has 0 aliphatic heterocycles. The van der Waals surface area contributed by atoms with Crippen LogP contribution in [0.3, 0.4) is 0 Å². The molecule has 32 heavy (non-hydrogen) atoms. The summed E-state index contributed by atoms with van der Waals surface area (Å²) in [5.74, 6) is 1.07. The highest BCUT2D eigenvalue weighted by Gasteiger charge is 2.14. The van der Waals surface area contributed by atoms with Crippen molar-refractivity contribution in [3.63, 3.8) is 0 Å². The molecule has 0 saturated heterocycles. The molecule has 0 fully saturated rings. The van der Waals surface area contributed by atoms with Crippen molar-refractivity contribution >= 4 is 33.8 Å². The smallest absolute Gasteiger partial charge is 0.293 e. The minimum absolute atomic E-state index is 0.126. The standard InChI is InChI=1S/C24H28N6O2/c1-4-14-29-19-11-7-5-9-17(19)26-21(29)16-25-22(31)13-15-30-20-12-8-6-10-18(20)27-23(24(30)32)28(2)3/h5-12H,4,13-16H2,1-3H3,(H,25,31). The number of imidazole rings is 1. The largest absolute Gasteiger partial charge is 0.358 e. The molecule has 4 rings (SSSR count). The third-order valence-corrected chi connectivity index (χ3v) is 5.45. The molecular weight excluding hydrogens is 404 g/mol. The van der Waals surface area contributed by atoms with Crippen molar-refractivity contribution in [2.75, 3.05) is 19.0 Å². The zero-order chi connectivity index (χ0) is 22.7. The second-order valence-corrected chi connectivity index (χ2v) is 7.97. The Morgan fingerprint density at radius 2 is 1.56 bits per heavy atom. The second kappa shape index (κ2) is 9.21. The fourth-order valence-corrected chi connectivity index (χ4v) is 3.91. The SMILES string of the molecule is CCCn1c(CNC(=O)CCn2c(=O)c(N(C)C)nc3ccccc32)nc2ccccc21. The molecular formula is C24H28N6O2. The van der Waals surface area contributed by atoms with E-state index in [4.69, 9.17) is 0 Å². The molecule has 0 aliphatic carbocycles. The molecule has 0 atom stereocenters. The molecule has 0 saturated carbocycles. The maximum atomic E-state index is 12.9. The van der Waals surface area contributed by atoms with E-state index in [1.165, 1.54) is 0 Å². The van der Waals surface area contributed by atoms with Crippen molar-refractivity contribution in [1.29, 1.82) is 0 Å². The zero-order valence-electron chi connectivity index (χ0n) is 18.7. The summed E-state index contributed by atoms with van der Waals surface area (Å²) in [5, 5.41) is 2.97. The summed E-state index contributed by atoms with van der Waals surface area (Å²) < 4.78 is 3.78. The van der Waals surface area contributed by atoms with Crippen molar-refractivity contribution in [2.45, 2.75) is 39.4 Å². The van der Waals surface area contributed by atoms with E-state index < -0.39 is 0 Å². The molecule has 2 aromatic carbocycles. The lowest BCUT2D eigenvalue weighted by molar-refractivity contribution is -0.121. The molecule has 0 bridgehead atoms. The van der Waals surface area contributed by atoms with Crippen LogP contribution in [0.25, 0.3) is 22.1 Å². The maximum Gasteiger partial charge on any atom is 0.293 e. The molecule has 1 N–H and O–H groups in total. The Hall–Kier alpha value is -3.68. The minimum Gasteiger partial charge on any atom is -0.358 e. The molecule has 8 heteroatoms. The van der Waals surface area contributed by atoms with Gasteiger partial charge >= 0.3 is 0 Å². The lowest BCUT2D eigenvalue weighted by atomic mass is 10.2. The number of nitrogens with zero attached hydrogens (tertiary/aromatic N) is 5. The number of hydrogen-bond acceptors (Lipinski definition) is 5. The minimum atomic E-state index is -0.203. The van der Waals surface area contributed by atoms with Crippen molar-refractivity contribution in [1.82, 2.24) is 24.4 Å². The van der Waals surface area contributed by atoms with Gasteiger partial charge in [0.15, 0.2) is 5.82 Å². The van der Waals surface area contributed by atoms with E-state index >= 15 is 0 Å². The zero-order valence-corrected chi connectivity index (χ0v) is 18.7. The molecule has 2 heterocycles. The highest BCUT2D eigenvalue weighted by molar-refractivity contribution is 5.79. The van der Waals surface area contributed by atoms with E-state index in [1.54, 1.807) is 23.6 Å². The second-order valence-electron chi connectivity index (χ2n) is 7.97. The van der Waals surface area contributed by atoms with Crippen molar-refractivity contribution in [3.8, 4) is 0 Å². The summed E-state index contributed by atoms with van der Waals surface area (Å²) >= 11 is 0. The quantitative estimate of drug-likeness (QED) is 0.463. The first-order valence-corrected chi connectivity index (χ1v) is 10.9. The first-order chi connectivity index (χ1) is 15.5. The summed E-state index contributed by atoms with van der Waals surface area (Å²) in [6.07, 6.45) is 1.17. The third kappa shape index (κ3) is 4.21. The number of nitrogens with one attached hydrogen (secondary N) is 1. The van der Waals surface area contributed by atoms with E-state index in [0.29, 0.717) is 12.4 Å². The van der Waals surface area contributed by atoms with Gasteiger partial charge in [-0.25, -0.2) is 9.97 Å². The number of rotatable bonds is 8. The van der Waals surface area contributed by atoms with Gasteiger partial charge in [0.05, 0.1) is 28.6 Å². The average molecular weight is 433 g/mol. The summed E-state index contributed by atoms with van der Waals surface area (Å²) in [6, 6.07) is 15.5. The van der Waals surface area contributed by atoms with Crippen molar-refractivity contribution < 1.29 is 4.79 Å². The molecule has 0 radical (unpaired) electrons. The van der Waals surface area contributed by atoms with Crippen molar-refractivity contribution in [3.05, 3.63) is 64.7 Å². The van der Waals surface area contributed by atoms with Gasteiger partial charge in [-0.05, 0) is 30.7 Å². The van der Waals surface area contributed by atoms with Crippen LogP contribution in [0.1, 0.15) is 25.6 Å². The number of aryl methyl sites for hydroxylation is 2. The van der Waals surface area contributed by atoms with Crippen LogP contribution in [0.4, 0.5) is 5.82 Å². The fraction of sp³-hybridized carbons (Fsp3) is 0.333. The number of para-hydroxylation sites is 4. The van der Waals surface area contributed by atoms with Crippen LogP contribution in [0, 0.1) is 0 Å². The monoisotopic (exact) mass is 432 g/mol. The molecule has 2 aromatic heterocycles. The Morgan fingerprint density at radius 1 is 0.938 bits per heavy atom. The number of fused-ring (bicyclic) bond motifs is 2. The molecule has 166 valence electrons. The summed E-state index contributed by atoms with van der Waals surface area (Å²) in [7, 11) is 3.58. The Kier molecular flexibility index (Phi) is 6.20. The number of carbonyl (C=O) groups excluding carboxylic acids is 1. The summed E-state index contributed by atoms with van der Waals surface area (Å²) in [5.41, 5.74) is 3.25. The molecule has 1 amide bonds. The van der Waals surface area contributed by atoms with Crippen LogP contribution in [0.15, 0.2) is 53.3 Å². The van der Waals surface area contributed by atoms with Gasteiger partial charge in [0.1, 0.15) is 5.82 Å². The van der Waals surface area contributed by atoms with Crippen molar-refractivity contribution in [2.24, 2.45) is 0 Å². The van der Waals surface area contributed by atoms with Gasteiger partial charge in [-0.15, -0.1) is 0 Å². The highest BCUT2D eigenvalue weighted by atomic mass is 16.2. The summed E-state index contributed by atoms with van der Waals surface area (Å²) in [6.45, 7) is 3.59. The van der Waals surface area contributed by atoms with Crippen LogP contribution < -0.4 is 15.8 Å². The number of anilines is 1. The number of aromatic nitrogens is 4. The van der Waals surface area contributed by atoms with E-state index in [9.17, 15) is 9.59 Å². The van der Waals surface area contributed by atoms with E-state index in [0.717, 1.165) is 40.9 Å².